The molecular weight excluding hydrogens is 288 g/mol. The number of aromatic nitrogens is 4. The van der Waals surface area contributed by atoms with Gasteiger partial charge >= 0.3 is 0 Å². The maximum Gasteiger partial charge on any atom is 0.179 e. The van der Waals surface area contributed by atoms with Gasteiger partial charge in [0.05, 0.1) is 5.69 Å². The lowest BCUT2D eigenvalue weighted by Gasteiger charge is -2.19. The largest absolute Gasteiger partial charge is 0.328 e. The second kappa shape index (κ2) is 5.56. The summed E-state index contributed by atoms with van der Waals surface area (Å²) in [5.74, 6) is 0. The van der Waals surface area contributed by atoms with E-state index in [0.29, 0.717) is 11.3 Å². The minimum Gasteiger partial charge on any atom is -0.328 e. The smallest absolute Gasteiger partial charge is 0.179 e. The van der Waals surface area contributed by atoms with Gasteiger partial charge in [-0.05, 0) is 37.7 Å². The molecule has 2 unspecified atom stereocenters. The van der Waals surface area contributed by atoms with Crippen LogP contribution < -0.4 is 0 Å². The summed E-state index contributed by atoms with van der Waals surface area (Å²) in [6, 6.07) is 0.510. The fourth-order valence-electron chi connectivity index (χ4n) is 3.43. The van der Waals surface area contributed by atoms with Gasteiger partial charge in [-0.25, -0.2) is 0 Å². The molecule has 1 fully saturated rings. The van der Waals surface area contributed by atoms with E-state index >= 15 is 0 Å². The molecule has 1 aliphatic rings. The first-order valence-corrected chi connectivity index (χ1v) is 9.05. The molecule has 0 aromatic carbocycles. The van der Waals surface area contributed by atoms with Gasteiger partial charge < -0.3 is 4.98 Å². The Balaban J connectivity index is 2.16. The molecule has 2 atom stereocenters. The van der Waals surface area contributed by atoms with Crippen molar-refractivity contribution in [1.82, 2.24) is 19.3 Å². The Morgan fingerprint density at radius 1 is 1.45 bits per heavy atom. The van der Waals surface area contributed by atoms with Gasteiger partial charge in [-0.1, -0.05) is 19.8 Å². The first-order chi connectivity index (χ1) is 9.67. The molecule has 1 aliphatic carbocycles. The van der Waals surface area contributed by atoms with Crippen LogP contribution in [0.2, 0.25) is 0 Å². The Labute approximate surface area is 128 Å². The second-order valence-electron chi connectivity index (χ2n) is 5.59. The molecule has 0 saturated heterocycles. The van der Waals surface area contributed by atoms with E-state index in [9.17, 15) is 0 Å². The van der Waals surface area contributed by atoms with Crippen molar-refractivity contribution < 1.29 is 0 Å². The molecule has 2 aromatic rings. The molecular formula is C14H22N4S2. The van der Waals surface area contributed by atoms with Crippen molar-refractivity contribution >= 4 is 35.1 Å². The van der Waals surface area contributed by atoms with Crippen LogP contribution in [0.15, 0.2) is 0 Å². The van der Waals surface area contributed by atoms with Crippen molar-refractivity contribution in [1.29, 1.82) is 0 Å². The third kappa shape index (κ3) is 2.13. The Bertz CT molecular complexity index is 667. The van der Waals surface area contributed by atoms with Crippen molar-refractivity contribution in [3.8, 4) is 0 Å². The fraction of sp³-hybridized carbons (Fsp3) is 0.714. The third-order valence-electron chi connectivity index (χ3n) is 4.31. The molecule has 0 radical (unpaired) electrons. The van der Waals surface area contributed by atoms with Gasteiger partial charge in [-0.3, -0.25) is 9.25 Å². The van der Waals surface area contributed by atoms with E-state index in [1.807, 2.05) is 23.5 Å². The van der Waals surface area contributed by atoms with Crippen LogP contribution in [-0.4, -0.2) is 30.8 Å². The molecule has 0 aliphatic heterocycles. The molecule has 0 bridgehead atoms. The standard InChI is InChI=1S/C14H22N4S2/c1-4-6-9-12-13(17(2)16-9)18(14(19)15-12)10-7-5-8-11(10)20-3/h10-11H,4-8H2,1-3H3,(H,15,19). The predicted octanol–water partition coefficient (Wildman–Crippen LogP) is 3.84. The summed E-state index contributed by atoms with van der Waals surface area (Å²) in [4.78, 5) is 3.41. The highest BCUT2D eigenvalue weighted by molar-refractivity contribution is 7.99. The number of nitrogens with one attached hydrogen (secondary N) is 1. The normalized spacial score (nSPS) is 22.9. The van der Waals surface area contributed by atoms with Gasteiger partial charge in [0, 0.05) is 18.3 Å². The third-order valence-corrected chi connectivity index (χ3v) is 5.76. The minimum atomic E-state index is 0.510. The zero-order valence-corrected chi connectivity index (χ0v) is 14.0. The van der Waals surface area contributed by atoms with E-state index in [1.54, 1.807) is 0 Å². The molecule has 4 nitrogen and oxygen atoms in total. The van der Waals surface area contributed by atoms with E-state index in [2.05, 4.69) is 27.8 Å². The Morgan fingerprint density at radius 2 is 2.25 bits per heavy atom. The van der Waals surface area contributed by atoms with Crippen molar-refractivity contribution in [2.45, 2.75) is 50.3 Å². The molecule has 0 spiro atoms. The molecule has 2 aromatic heterocycles. The zero-order valence-electron chi connectivity index (χ0n) is 12.3. The summed E-state index contributed by atoms with van der Waals surface area (Å²) in [7, 11) is 2.03. The average molecular weight is 310 g/mol. The quantitative estimate of drug-likeness (QED) is 0.872. The Hall–Kier alpha value is -0.750. The summed E-state index contributed by atoms with van der Waals surface area (Å²) >= 11 is 7.57. The van der Waals surface area contributed by atoms with Crippen LogP contribution >= 0.6 is 24.0 Å². The average Bonchev–Trinajstić information content (AvgIpc) is 3.07. The Morgan fingerprint density at radius 3 is 2.95 bits per heavy atom. The van der Waals surface area contributed by atoms with E-state index in [1.165, 1.54) is 24.9 Å². The topological polar surface area (TPSA) is 38.5 Å². The number of rotatable bonds is 4. The molecule has 2 heterocycles. The number of thioether (sulfide) groups is 1. The summed E-state index contributed by atoms with van der Waals surface area (Å²) in [6.45, 7) is 2.19. The van der Waals surface area contributed by atoms with Crippen molar-refractivity contribution in [3.63, 3.8) is 0 Å². The van der Waals surface area contributed by atoms with E-state index in [4.69, 9.17) is 12.2 Å². The van der Waals surface area contributed by atoms with Crippen molar-refractivity contribution in [3.05, 3.63) is 10.5 Å². The first-order valence-electron chi connectivity index (χ1n) is 7.36. The maximum atomic E-state index is 5.60. The van der Waals surface area contributed by atoms with Crippen LogP contribution in [0.4, 0.5) is 0 Å². The van der Waals surface area contributed by atoms with E-state index < -0.39 is 0 Å². The number of fused-ring (bicyclic) bond motifs is 1. The van der Waals surface area contributed by atoms with Crippen LogP contribution in [-0.2, 0) is 13.5 Å². The summed E-state index contributed by atoms with van der Waals surface area (Å²) in [6.07, 6.45) is 8.13. The van der Waals surface area contributed by atoms with Crippen LogP contribution in [0, 0.1) is 4.77 Å². The lowest BCUT2D eigenvalue weighted by molar-refractivity contribution is 0.523. The number of hydrogen-bond donors (Lipinski definition) is 1. The first kappa shape index (κ1) is 14.2. The number of hydrogen-bond acceptors (Lipinski definition) is 3. The SMILES string of the molecule is CCCc1nn(C)c2c1[nH]c(=S)n2C1CCCC1SC. The van der Waals surface area contributed by atoms with Crippen LogP contribution in [0.1, 0.15) is 44.3 Å². The van der Waals surface area contributed by atoms with Crippen molar-refractivity contribution in [2.24, 2.45) is 7.05 Å². The molecule has 0 amide bonds. The lowest BCUT2D eigenvalue weighted by Crippen LogP contribution is -2.17. The number of nitrogens with zero attached hydrogens (tertiary/aromatic N) is 3. The molecule has 1 saturated carbocycles. The minimum absolute atomic E-state index is 0.510. The molecule has 1 N–H and O–H groups in total. The fourth-order valence-corrected chi connectivity index (χ4v) is 4.73. The van der Waals surface area contributed by atoms with Crippen LogP contribution in [0.5, 0.6) is 0 Å². The molecule has 110 valence electrons. The lowest BCUT2D eigenvalue weighted by atomic mass is 10.2. The van der Waals surface area contributed by atoms with Gasteiger partial charge in [-0.2, -0.15) is 16.9 Å². The van der Waals surface area contributed by atoms with Gasteiger partial charge in [0.2, 0.25) is 0 Å². The monoisotopic (exact) mass is 310 g/mol. The van der Waals surface area contributed by atoms with Gasteiger partial charge in [0.25, 0.3) is 0 Å². The van der Waals surface area contributed by atoms with Crippen LogP contribution in [0.25, 0.3) is 11.2 Å². The predicted molar refractivity (Wildman–Crippen MR) is 88.1 cm³/mol. The van der Waals surface area contributed by atoms with Gasteiger partial charge in [0.15, 0.2) is 10.4 Å². The number of imidazole rings is 1. The van der Waals surface area contributed by atoms with Gasteiger partial charge in [0.1, 0.15) is 5.52 Å². The highest BCUT2D eigenvalue weighted by Crippen LogP contribution is 2.39. The maximum absolute atomic E-state index is 5.60. The Kier molecular flexibility index (Phi) is 3.95. The molecule has 20 heavy (non-hydrogen) atoms. The second-order valence-corrected chi connectivity index (χ2v) is 7.06. The summed E-state index contributed by atoms with van der Waals surface area (Å²) < 4.78 is 5.18. The summed E-state index contributed by atoms with van der Waals surface area (Å²) in [5, 5.41) is 5.35. The highest BCUT2D eigenvalue weighted by Gasteiger charge is 2.31. The number of aromatic amines is 1. The number of H-pyrrole nitrogens is 1. The highest BCUT2D eigenvalue weighted by atomic mass is 32.2. The zero-order chi connectivity index (χ0) is 14.3. The van der Waals surface area contributed by atoms with Gasteiger partial charge in [-0.15, -0.1) is 0 Å². The molecule has 6 heteroatoms. The van der Waals surface area contributed by atoms with Crippen molar-refractivity contribution in [2.75, 3.05) is 6.26 Å². The number of aryl methyl sites for hydroxylation is 2. The van der Waals surface area contributed by atoms with E-state index in [-0.39, 0.29) is 0 Å². The van der Waals surface area contributed by atoms with E-state index in [0.717, 1.165) is 28.8 Å². The summed E-state index contributed by atoms with van der Waals surface area (Å²) in [5.41, 5.74) is 3.46. The molecule has 3 rings (SSSR count). The van der Waals surface area contributed by atoms with Crippen LogP contribution in [0.3, 0.4) is 0 Å².